The first-order valence-corrected chi connectivity index (χ1v) is 12.3. The van der Waals surface area contributed by atoms with Crippen LogP contribution in [-0.2, 0) is 16.0 Å². The molecule has 192 valence electrons. The molecule has 1 saturated carbocycles. The van der Waals surface area contributed by atoms with Crippen LogP contribution in [-0.4, -0.2) is 27.3 Å². The van der Waals surface area contributed by atoms with E-state index in [4.69, 9.17) is 20.6 Å². The Hall–Kier alpha value is -3.20. The molecule has 1 fully saturated rings. The standard InChI is InChI=1S/C26H29ClFN3O5/c1-26(2,3)13-17-12-20(30-35-17)25-23(14-4-5-14)24(31-36-25)15(6-9-22(33)34)10-21(32)29-19-8-7-16(28)11-18(19)27/h7-8,11-12,14-15H,4-6,9-10,13H2,1-3H3,(H,29,32)(H,33,34)/t15-/m0/s1. The van der Waals surface area contributed by atoms with Crippen molar-refractivity contribution >= 4 is 29.2 Å². The van der Waals surface area contributed by atoms with Gasteiger partial charge in [0.2, 0.25) is 5.91 Å². The van der Waals surface area contributed by atoms with Gasteiger partial charge in [0.25, 0.3) is 0 Å². The highest BCUT2D eigenvalue weighted by Crippen LogP contribution is 2.48. The van der Waals surface area contributed by atoms with Gasteiger partial charge in [-0.2, -0.15) is 0 Å². The Kier molecular flexibility index (Phi) is 7.49. The summed E-state index contributed by atoms with van der Waals surface area (Å²) in [5.41, 5.74) is 2.25. The third-order valence-electron chi connectivity index (χ3n) is 5.97. The second-order valence-electron chi connectivity index (χ2n) is 10.5. The van der Waals surface area contributed by atoms with Crippen LogP contribution in [0, 0.1) is 11.2 Å². The van der Waals surface area contributed by atoms with Crippen LogP contribution in [0.4, 0.5) is 10.1 Å². The quantitative estimate of drug-likeness (QED) is 0.312. The van der Waals surface area contributed by atoms with Gasteiger partial charge in [0.15, 0.2) is 11.5 Å². The third kappa shape index (κ3) is 6.51. The highest BCUT2D eigenvalue weighted by molar-refractivity contribution is 6.33. The lowest BCUT2D eigenvalue weighted by molar-refractivity contribution is -0.137. The monoisotopic (exact) mass is 517 g/mol. The molecule has 0 aliphatic heterocycles. The van der Waals surface area contributed by atoms with Gasteiger partial charge in [0.1, 0.15) is 11.6 Å². The van der Waals surface area contributed by atoms with Gasteiger partial charge in [-0.1, -0.05) is 42.7 Å². The molecular formula is C26H29ClFN3O5. The summed E-state index contributed by atoms with van der Waals surface area (Å²) in [6.45, 7) is 6.32. The maximum atomic E-state index is 13.4. The summed E-state index contributed by atoms with van der Waals surface area (Å²) < 4.78 is 24.6. The zero-order chi connectivity index (χ0) is 26.0. The van der Waals surface area contributed by atoms with Crippen molar-refractivity contribution in [1.29, 1.82) is 0 Å². The van der Waals surface area contributed by atoms with Crippen LogP contribution in [0.3, 0.4) is 0 Å². The molecule has 3 aromatic rings. The van der Waals surface area contributed by atoms with E-state index in [1.165, 1.54) is 12.1 Å². The Labute approximate surface area is 213 Å². The van der Waals surface area contributed by atoms with Crippen LogP contribution in [0.2, 0.25) is 5.02 Å². The first-order valence-electron chi connectivity index (χ1n) is 11.9. The zero-order valence-electron chi connectivity index (χ0n) is 20.4. The number of amides is 1. The Morgan fingerprint density at radius 3 is 2.61 bits per heavy atom. The highest BCUT2D eigenvalue weighted by atomic mass is 35.5. The molecule has 1 atom stereocenters. The smallest absolute Gasteiger partial charge is 0.303 e. The number of carboxylic acids is 1. The van der Waals surface area contributed by atoms with Crippen LogP contribution >= 0.6 is 11.6 Å². The molecule has 2 aromatic heterocycles. The minimum Gasteiger partial charge on any atom is -0.481 e. The topological polar surface area (TPSA) is 118 Å². The summed E-state index contributed by atoms with van der Waals surface area (Å²) in [6, 6.07) is 5.53. The van der Waals surface area contributed by atoms with Crippen molar-refractivity contribution in [1.82, 2.24) is 10.3 Å². The number of nitrogens with one attached hydrogen (secondary N) is 1. The fourth-order valence-electron chi connectivity index (χ4n) is 4.23. The van der Waals surface area contributed by atoms with E-state index in [-0.39, 0.29) is 47.2 Å². The molecule has 10 heteroatoms. The molecule has 0 bridgehead atoms. The number of rotatable bonds is 10. The number of carbonyl (C=O) groups is 2. The van der Waals surface area contributed by atoms with Gasteiger partial charge < -0.3 is 19.5 Å². The van der Waals surface area contributed by atoms with E-state index >= 15 is 0 Å². The number of hydrogen-bond donors (Lipinski definition) is 2. The van der Waals surface area contributed by atoms with Gasteiger partial charge in [0, 0.05) is 36.8 Å². The molecule has 4 rings (SSSR count). The highest BCUT2D eigenvalue weighted by Gasteiger charge is 2.37. The van der Waals surface area contributed by atoms with E-state index in [9.17, 15) is 19.1 Å². The van der Waals surface area contributed by atoms with Crippen LogP contribution in [0.1, 0.15) is 81.7 Å². The lowest BCUT2D eigenvalue weighted by Crippen LogP contribution is -2.18. The average molecular weight is 518 g/mol. The van der Waals surface area contributed by atoms with Crippen molar-refractivity contribution in [3.8, 4) is 11.5 Å². The van der Waals surface area contributed by atoms with Gasteiger partial charge in [-0.3, -0.25) is 9.59 Å². The largest absolute Gasteiger partial charge is 0.481 e. The molecule has 1 amide bonds. The normalized spacial score (nSPS) is 14.6. The van der Waals surface area contributed by atoms with Crippen molar-refractivity contribution in [2.24, 2.45) is 5.41 Å². The molecule has 0 unspecified atom stereocenters. The summed E-state index contributed by atoms with van der Waals surface area (Å²) in [5, 5.41) is 20.5. The number of hydrogen-bond acceptors (Lipinski definition) is 6. The number of benzene rings is 1. The van der Waals surface area contributed by atoms with E-state index in [2.05, 4.69) is 36.4 Å². The van der Waals surface area contributed by atoms with Gasteiger partial charge in [-0.15, -0.1) is 0 Å². The number of carbonyl (C=O) groups excluding carboxylic acids is 1. The second-order valence-corrected chi connectivity index (χ2v) is 10.9. The van der Waals surface area contributed by atoms with Crippen molar-refractivity contribution < 1.29 is 28.1 Å². The molecule has 1 aliphatic carbocycles. The summed E-state index contributed by atoms with van der Waals surface area (Å²) >= 11 is 6.04. The average Bonchev–Trinajstić information content (AvgIpc) is 3.35. The molecule has 0 saturated heterocycles. The number of aliphatic carboxylic acids is 1. The predicted molar refractivity (Wildman–Crippen MR) is 131 cm³/mol. The molecule has 8 nitrogen and oxygen atoms in total. The van der Waals surface area contributed by atoms with Gasteiger partial charge in [-0.25, -0.2) is 4.39 Å². The van der Waals surface area contributed by atoms with E-state index in [0.29, 0.717) is 23.6 Å². The van der Waals surface area contributed by atoms with Gasteiger partial charge in [0.05, 0.1) is 16.4 Å². The Bertz CT molecular complexity index is 1260. The molecule has 1 aliphatic rings. The molecule has 0 radical (unpaired) electrons. The minimum atomic E-state index is -0.970. The van der Waals surface area contributed by atoms with E-state index < -0.39 is 17.7 Å². The van der Waals surface area contributed by atoms with Crippen molar-refractivity contribution in [3.05, 3.63) is 52.1 Å². The number of carboxylic acid groups (broad SMARTS) is 1. The maximum Gasteiger partial charge on any atom is 0.303 e. The van der Waals surface area contributed by atoms with E-state index in [1.807, 2.05) is 6.07 Å². The molecule has 36 heavy (non-hydrogen) atoms. The van der Waals surface area contributed by atoms with E-state index in [1.54, 1.807) is 0 Å². The summed E-state index contributed by atoms with van der Waals surface area (Å²) in [5.74, 6) is -0.949. The first kappa shape index (κ1) is 25.9. The predicted octanol–water partition coefficient (Wildman–Crippen LogP) is 6.57. The maximum absolute atomic E-state index is 13.4. The minimum absolute atomic E-state index is 0.0193. The number of aromatic nitrogens is 2. The summed E-state index contributed by atoms with van der Waals surface area (Å²) in [7, 11) is 0. The molecule has 2 N–H and O–H groups in total. The van der Waals surface area contributed by atoms with Crippen molar-refractivity contribution in [2.75, 3.05) is 5.32 Å². The van der Waals surface area contributed by atoms with E-state index in [0.717, 1.165) is 30.2 Å². The lowest BCUT2D eigenvalue weighted by Gasteiger charge is -2.16. The number of halogens is 2. The van der Waals surface area contributed by atoms with Gasteiger partial charge >= 0.3 is 5.97 Å². The number of anilines is 1. The van der Waals surface area contributed by atoms with Gasteiger partial charge in [-0.05, 0) is 48.8 Å². The molecule has 1 aromatic carbocycles. The lowest BCUT2D eigenvalue weighted by atomic mass is 9.89. The Morgan fingerprint density at radius 1 is 1.22 bits per heavy atom. The Morgan fingerprint density at radius 2 is 1.97 bits per heavy atom. The fraction of sp³-hybridized carbons (Fsp3) is 0.462. The SMILES string of the molecule is CC(C)(C)Cc1cc(-c2onc([C@@H](CCC(=O)O)CC(=O)Nc3ccc(F)cc3Cl)c2C2CC2)no1. The summed E-state index contributed by atoms with van der Waals surface area (Å²) in [6.07, 6.45) is 2.60. The fourth-order valence-corrected chi connectivity index (χ4v) is 4.44. The number of nitrogens with zero attached hydrogens (tertiary/aromatic N) is 2. The first-order chi connectivity index (χ1) is 17.0. The zero-order valence-corrected chi connectivity index (χ0v) is 21.2. The van der Waals surface area contributed by atoms with Crippen LogP contribution in [0.25, 0.3) is 11.5 Å². The van der Waals surface area contributed by atoms with Crippen LogP contribution < -0.4 is 5.32 Å². The van der Waals surface area contributed by atoms with Crippen molar-refractivity contribution in [2.45, 2.75) is 71.1 Å². The second kappa shape index (κ2) is 10.4. The molecular weight excluding hydrogens is 489 g/mol. The Balaban J connectivity index is 1.60. The van der Waals surface area contributed by atoms with Crippen LogP contribution in [0.15, 0.2) is 33.3 Å². The molecule has 0 spiro atoms. The van der Waals surface area contributed by atoms with Crippen molar-refractivity contribution in [3.63, 3.8) is 0 Å². The summed E-state index contributed by atoms with van der Waals surface area (Å²) in [4.78, 5) is 24.2. The molecule has 2 heterocycles. The third-order valence-corrected chi connectivity index (χ3v) is 6.28. The van der Waals surface area contributed by atoms with Crippen LogP contribution in [0.5, 0.6) is 0 Å².